The second-order valence-electron chi connectivity index (χ2n) is 6.04. The topological polar surface area (TPSA) is 67.4 Å². The Labute approximate surface area is 158 Å². The molecule has 0 aromatic heterocycles. The highest BCUT2D eigenvalue weighted by Gasteiger charge is 2.21. The maximum atomic E-state index is 12.6. The first-order valence-electron chi connectivity index (χ1n) is 8.40. The van der Waals surface area contributed by atoms with Gasteiger partial charge in [0.05, 0.1) is 29.7 Å². The Kier molecular flexibility index (Phi) is 7.63. The molecule has 0 aliphatic carbocycles. The highest BCUT2D eigenvalue weighted by molar-refractivity contribution is 6.33. The van der Waals surface area contributed by atoms with E-state index < -0.39 is 6.04 Å². The zero-order valence-electron chi connectivity index (χ0n) is 14.9. The molecule has 0 radical (unpaired) electrons. The van der Waals surface area contributed by atoms with E-state index in [2.05, 4.69) is 10.6 Å². The first-order valence-corrected chi connectivity index (χ1v) is 8.77. The highest BCUT2D eigenvalue weighted by atomic mass is 35.5. The zero-order valence-corrected chi connectivity index (χ0v) is 15.6. The molecule has 0 spiro atoms. The van der Waals surface area contributed by atoms with Crippen LogP contribution >= 0.6 is 11.6 Å². The first kappa shape index (κ1) is 19.9. The lowest BCUT2D eigenvalue weighted by atomic mass is 10.0. The Hall–Kier alpha value is -2.37. The Morgan fingerprint density at radius 1 is 1.04 bits per heavy atom. The predicted octanol–water partition coefficient (Wildman–Crippen LogP) is 3.35. The molecule has 2 unspecified atom stereocenters. The largest absolute Gasteiger partial charge is 0.383 e. The van der Waals surface area contributed by atoms with Crippen molar-refractivity contribution >= 4 is 23.4 Å². The molecule has 0 aliphatic rings. The summed E-state index contributed by atoms with van der Waals surface area (Å²) in [6, 6.07) is 15.6. The maximum absolute atomic E-state index is 12.6. The van der Waals surface area contributed by atoms with Gasteiger partial charge in [-0.05, 0) is 24.6 Å². The minimum Gasteiger partial charge on any atom is -0.383 e. The van der Waals surface area contributed by atoms with Crippen molar-refractivity contribution in [2.24, 2.45) is 0 Å². The summed E-state index contributed by atoms with van der Waals surface area (Å²) in [4.78, 5) is 25.0. The van der Waals surface area contributed by atoms with Crippen LogP contribution in [0, 0.1) is 0 Å². The Morgan fingerprint density at radius 3 is 2.35 bits per heavy atom. The number of hydrogen-bond acceptors (Lipinski definition) is 3. The summed E-state index contributed by atoms with van der Waals surface area (Å²) in [5.74, 6) is -0.481. The van der Waals surface area contributed by atoms with Gasteiger partial charge in [0.1, 0.15) is 0 Å². The minimum absolute atomic E-state index is 0.108. The van der Waals surface area contributed by atoms with Crippen LogP contribution in [-0.4, -0.2) is 31.6 Å². The molecular weight excluding hydrogens is 352 g/mol. The summed E-state index contributed by atoms with van der Waals surface area (Å²) in [5.41, 5.74) is 1.23. The van der Waals surface area contributed by atoms with Crippen LogP contribution in [0.2, 0.25) is 5.02 Å². The lowest BCUT2D eigenvalue weighted by Crippen LogP contribution is -2.39. The summed E-state index contributed by atoms with van der Waals surface area (Å²) < 4.78 is 5.03. The van der Waals surface area contributed by atoms with E-state index in [4.69, 9.17) is 16.3 Å². The smallest absolute Gasteiger partial charge is 0.253 e. The van der Waals surface area contributed by atoms with Crippen molar-refractivity contribution in [3.63, 3.8) is 0 Å². The van der Waals surface area contributed by atoms with Crippen LogP contribution in [0.15, 0.2) is 54.6 Å². The number of amides is 2. The van der Waals surface area contributed by atoms with Crippen LogP contribution in [0.3, 0.4) is 0 Å². The minimum atomic E-state index is -0.463. The number of carbonyl (C=O) groups is 2. The third kappa shape index (κ3) is 5.86. The van der Waals surface area contributed by atoms with Crippen molar-refractivity contribution in [2.45, 2.75) is 25.4 Å². The molecule has 6 heteroatoms. The van der Waals surface area contributed by atoms with E-state index in [9.17, 15) is 9.59 Å². The van der Waals surface area contributed by atoms with Crippen LogP contribution in [-0.2, 0) is 9.53 Å². The summed E-state index contributed by atoms with van der Waals surface area (Å²) in [7, 11) is 1.58. The van der Waals surface area contributed by atoms with Crippen LogP contribution in [0.4, 0.5) is 0 Å². The zero-order chi connectivity index (χ0) is 18.9. The van der Waals surface area contributed by atoms with Crippen molar-refractivity contribution in [3.05, 3.63) is 70.7 Å². The van der Waals surface area contributed by atoms with Crippen molar-refractivity contribution in [1.82, 2.24) is 10.6 Å². The molecule has 2 N–H and O–H groups in total. The molecule has 0 aliphatic heterocycles. The maximum Gasteiger partial charge on any atom is 0.253 e. The molecule has 0 heterocycles. The average Bonchev–Trinajstić information content (AvgIpc) is 2.62. The Bertz CT molecular complexity index is 737. The summed E-state index contributed by atoms with van der Waals surface area (Å²) >= 11 is 6.10. The lowest BCUT2D eigenvalue weighted by molar-refractivity contribution is -0.122. The monoisotopic (exact) mass is 374 g/mol. The molecule has 2 rings (SSSR count). The first-order chi connectivity index (χ1) is 12.5. The van der Waals surface area contributed by atoms with Gasteiger partial charge < -0.3 is 15.4 Å². The van der Waals surface area contributed by atoms with E-state index in [-0.39, 0.29) is 24.3 Å². The molecule has 26 heavy (non-hydrogen) atoms. The number of methoxy groups -OCH3 is 1. The highest BCUT2D eigenvalue weighted by Crippen LogP contribution is 2.20. The summed E-state index contributed by atoms with van der Waals surface area (Å²) in [6.45, 7) is 2.29. The molecule has 2 aromatic rings. The lowest BCUT2D eigenvalue weighted by Gasteiger charge is -2.21. The molecule has 138 valence electrons. The van der Waals surface area contributed by atoms with E-state index in [1.807, 2.05) is 37.3 Å². The third-order valence-electron chi connectivity index (χ3n) is 3.84. The fourth-order valence-corrected chi connectivity index (χ4v) is 2.85. The van der Waals surface area contributed by atoms with E-state index in [1.54, 1.807) is 31.4 Å². The number of halogens is 1. The van der Waals surface area contributed by atoms with Crippen molar-refractivity contribution in [2.75, 3.05) is 13.7 Å². The van der Waals surface area contributed by atoms with Gasteiger partial charge >= 0.3 is 0 Å². The van der Waals surface area contributed by atoms with Crippen LogP contribution < -0.4 is 10.6 Å². The third-order valence-corrected chi connectivity index (χ3v) is 4.17. The standard InChI is InChI=1S/C20H23ClN2O3/c1-14(13-26-2)22-19(24)12-18(15-8-4-3-5-9-15)23-20(25)16-10-6-7-11-17(16)21/h3-11,14,18H,12-13H2,1-2H3,(H,22,24)(H,23,25). The number of ether oxygens (including phenoxy) is 1. The van der Waals surface area contributed by atoms with Gasteiger partial charge in [0.15, 0.2) is 0 Å². The average molecular weight is 375 g/mol. The number of carbonyl (C=O) groups excluding carboxylic acids is 2. The fourth-order valence-electron chi connectivity index (χ4n) is 2.63. The predicted molar refractivity (Wildman–Crippen MR) is 102 cm³/mol. The molecule has 0 bridgehead atoms. The van der Waals surface area contributed by atoms with Gasteiger partial charge in [0.2, 0.25) is 5.91 Å². The molecule has 2 atom stereocenters. The normalized spacial score (nSPS) is 12.9. The Morgan fingerprint density at radius 2 is 1.69 bits per heavy atom. The summed E-state index contributed by atoms with van der Waals surface area (Å²) in [5, 5.41) is 6.15. The molecule has 0 saturated carbocycles. The van der Waals surface area contributed by atoms with E-state index in [0.29, 0.717) is 17.2 Å². The van der Waals surface area contributed by atoms with Gasteiger partial charge in [-0.15, -0.1) is 0 Å². The van der Waals surface area contributed by atoms with Crippen molar-refractivity contribution in [3.8, 4) is 0 Å². The molecule has 2 amide bonds. The van der Waals surface area contributed by atoms with Gasteiger partial charge in [-0.1, -0.05) is 54.1 Å². The second-order valence-corrected chi connectivity index (χ2v) is 6.45. The number of rotatable bonds is 8. The molecule has 5 nitrogen and oxygen atoms in total. The SMILES string of the molecule is COCC(C)NC(=O)CC(NC(=O)c1ccccc1Cl)c1ccccc1. The second kappa shape index (κ2) is 9.94. The van der Waals surface area contributed by atoms with Crippen LogP contribution in [0.25, 0.3) is 0 Å². The van der Waals surface area contributed by atoms with Gasteiger partial charge in [-0.2, -0.15) is 0 Å². The summed E-state index contributed by atoms with van der Waals surface area (Å²) in [6.07, 6.45) is 0.119. The van der Waals surface area contributed by atoms with Gasteiger partial charge in [-0.3, -0.25) is 9.59 Å². The number of nitrogens with one attached hydrogen (secondary N) is 2. The number of hydrogen-bond donors (Lipinski definition) is 2. The van der Waals surface area contributed by atoms with Crippen molar-refractivity contribution in [1.29, 1.82) is 0 Å². The van der Waals surface area contributed by atoms with Crippen LogP contribution in [0.5, 0.6) is 0 Å². The van der Waals surface area contributed by atoms with Crippen molar-refractivity contribution < 1.29 is 14.3 Å². The van der Waals surface area contributed by atoms with E-state index >= 15 is 0 Å². The molecule has 2 aromatic carbocycles. The van der Waals surface area contributed by atoms with E-state index in [0.717, 1.165) is 5.56 Å². The van der Waals surface area contributed by atoms with Gasteiger partial charge in [-0.25, -0.2) is 0 Å². The molecule has 0 fully saturated rings. The molecular formula is C20H23ClN2O3. The molecule has 0 saturated heterocycles. The van der Waals surface area contributed by atoms with Gasteiger partial charge in [0.25, 0.3) is 5.91 Å². The van der Waals surface area contributed by atoms with Gasteiger partial charge in [0, 0.05) is 13.2 Å². The Balaban J connectivity index is 2.13. The van der Waals surface area contributed by atoms with E-state index in [1.165, 1.54) is 0 Å². The van der Waals surface area contributed by atoms with Crippen LogP contribution in [0.1, 0.15) is 35.3 Å². The fraction of sp³-hybridized carbons (Fsp3) is 0.300. The number of benzene rings is 2. The quantitative estimate of drug-likeness (QED) is 0.744.